The summed E-state index contributed by atoms with van der Waals surface area (Å²) in [6, 6.07) is 0. The fourth-order valence-electron chi connectivity index (χ4n) is 3.43. The molecule has 0 radical (unpaired) electrons. The normalized spacial score (nSPS) is 12.7. The number of carbonyl (C=O) groups is 2. The SMILES string of the molecule is CCCN(COC(=O)/C=C\C(=O)OCN(CCC)C(C)(CC)CC)C(C)(CC)CC. The number of ether oxygens (including phenoxy) is 2. The van der Waals surface area contributed by atoms with Gasteiger partial charge in [0.05, 0.1) is 0 Å². The summed E-state index contributed by atoms with van der Waals surface area (Å²) in [7, 11) is 0. The molecule has 0 aromatic rings. The van der Waals surface area contributed by atoms with Crippen LogP contribution >= 0.6 is 0 Å². The van der Waals surface area contributed by atoms with Gasteiger partial charge in [-0.2, -0.15) is 0 Å². The van der Waals surface area contributed by atoms with Crippen LogP contribution in [0.25, 0.3) is 0 Å². The lowest BCUT2D eigenvalue weighted by molar-refractivity contribution is -0.148. The van der Waals surface area contributed by atoms with Crippen LogP contribution < -0.4 is 0 Å². The quantitative estimate of drug-likeness (QED) is 0.194. The van der Waals surface area contributed by atoms with E-state index in [1.807, 2.05) is 0 Å². The van der Waals surface area contributed by atoms with E-state index >= 15 is 0 Å². The fraction of sp³-hybridized carbons (Fsp3) is 0.833. The third-order valence-electron chi connectivity index (χ3n) is 6.64. The largest absolute Gasteiger partial charge is 0.446 e. The average Bonchev–Trinajstić information content (AvgIpc) is 2.76. The van der Waals surface area contributed by atoms with Crippen LogP contribution in [0.4, 0.5) is 0 Å². The first-order chi connectivity index (χ1) is 14.2. The summed E-state index contributed by atoms with van der Waals surface area (Å²) < 4.78 is 10.8. The zero-order chi connectivity index (χ0) is 23.2. The summed E-state index contributed by atoms with van der Waals surface area (Å²) >= 11 is 0. The van der Waals surface area contributed by atoms with Crippen molar-refractivity contribution in [3.05, 3.63) is 12.2 Å². The molecule has 6 nitrogen and oxygen atoms in total. The van der Waals surface area contributed by atoms with Crippen molar-refractivity contribution in [2.45, 2.75) is 105 Å². The Kier molecular flexibility index (Phi) is 13.9. The molecule has 0 unspecified atom stereocenters. The van der Waals surface area contributed by atoms with Crippen molar-refractivity contribution in [1.29, 1.82) is 0 Å². The van der Waals surface area contributed by atoms with Gasteiger partial charge in [0.25, 0.3) is 0 Å². The van der Waals surface area contributed by atoms with Crippen LogP contribution in [0, 0.1) is 0 Å². The third kappa shape index (κ3) is 9.17. The minimum absolute atomic E-state index is 0.00707. The smallest absolute Gasteiger partial charge is 0.332 e. The minimum atomic E-state index is -0.528. The van der Waals surface area contributed by atoms with Crippen molar-refractivity contribution in [3.8, 4) is 0 Å². The second kappa shape index (κ2) is 14.6. The van der Waals surface area contributed by atoms with Crippen LogP contribution in [-0.2, 0) is 19.1 Å². The van der Waals surface area contributed by atoms with Gasteiger partial charge in [-0.25, -0.2) is 9.59 Å². The first-order valence-electron chi connectivity index (χ1n) is 11.7. The zero-order valence-corrected chi connectivity index (χ0v) is 20.8. The van der Waals surface area contributed by atoms with Gasteiger partial charge in [0.15, 0.2) is 0 Å². The van der Waals surface area contributed by atoms with Crippen LogP contribution in [0.2, 0.25) is 0 Å². The van der Waals surface area contributed by atoms with E-state index in [1.54, 1.807) is 0 Å². The Morgan fingerprint density at radius 1 is 0.667 bits per heavy atom. The molecule has 0 saturated heterocycles. The van der Waals surface area contributed by atoms with Gasteiger partial charge in [-0.05, 0) is 52.4 Å². The van der Waals surface area contributed by atoms with Crippen LogP contribution in [0.5, 0.6) is 0 Å². The molecule has 0 aliphatic carbocycles. The number of carbonyl (C=O) groups excluding carboxylic acids is 2. The van der Waals surface area contributed by atoms with Gasteiger partial charge < -0.3 is 9.47 Å². The molecule has 0 aromatic heterocycles. The molecule has 0 bridgehead atoms. The van der Waals surface area contributed by atoms with Gasteiger partial charge in [0, 0.05) is 36.3 Å². The number of nitrogens with zero attached hydrogens (tertiary/aromatic N) is 2. The average molecular weight is 427 g/mol. The molecule has 0 aliphatic rings. The molecular weight excluding hydrogens is 380 g/mol. The third-order valence-corrected chi connectivity index (χ3v) is 6.64. The summed E-state index contributed by atoms with van der Waals surface area (Å²) in [5.74, 6) is -1.06. The lowest BCUT2D eigenvalue weighted by Crippen LogP contribution is -2.47. The summed E-state index contributed by atoms with van der Waals surface area (Å²) in [6.07, 6.45) is 8.20. The summed E-state index contributed by atoms with van der Waals surface area (Å²) in [5, 5.41) is 0. The summed E-state index contributed by atoms with van der Waals surface area (Å²) in [6.45, 7) is 19.3. The number of esters is 2. The highest BCUT2D eigenvalue weighted by molar-refractivity contribution is 5.91. The molecule has 0 rings (SSSR count). The topological polar surface area (TPSA) is 59.1 Å². The zero-order valence-electron chi connectivity index (χ0n) is 20.8. The summed E-state index contributed by atoms with van der Waals surface area (Å²) in [4.78, 5) is 28.6. The Bertz CT molecular complexity index is 479. The van der Waals surface area contributed by atoms with Crippen LogP contribution in [0.1, 0.15) is 93.9 Å². The van der Waals surface area contributed by atoms with Gasteiger partial charge in [0.1, 0.15) is 13.5 Å². The maximum Gasteiger partial charge on any atom is 0.332 e. The molecule has 0 aromatic carbocycles. The standard InChI is InChI=1S/C24H46N2O4/c1-9-17-25(23(7,11-3)12-4)19-29-21(27)15-16-22(28)30-20-26(18-10-2)24(8,13-5)14-6/h15-16H,9-14,17-20H2,1-8H3/b16-15-. The maximum absolute atomic E-state index is 12.1. The van der Waals surface area contributed by atoms with E-state index in [0.717, 1.165) is 63.8 Å². The van der Waals surface area contributed by atoms with Crippen molar-refractivity contribution in [2.24, 2.45) is 0 Å². The van der Waals surface area contributed by atoms with Crippen molar-refractivity contribution in [3.63, 3.8) is 0 Å². The van der Waals surface area contributed by atoms with Gasteiger partial charge in [-0.15, -0.1) is 0 Å². The molecule has 0 saturated carbocycles. The van der Waals surface area contributed by atoms with E-state index in [0.29, 0.717) is 0 Å². The highest BCUT2D eigenvalue weighted by Crippen LogP contribution is 2.24. The predicted octanol–water partition coefficient (Wildman–Crippen LogP) is 5.13. The fourth-order valence-corrected chi connectivity index (χ4v) is 3.43. The highest BCUT2D eigenvalue weighted by Gasteiger charge is 2.29. The van der Waals surface area contributed by atoms with Crippen molar-refractivity contribution in [2.75, 3.05) is 26.6 Å². The Labute approximate surface area is 185 Å². The second-order valence-electron chi connectivity index (χ2n) is 8.45. The van der Waals surface area contributed by atoms with Crippen LogP contribution in [0.3, 0.4) is 0 Å². The Morgan fingerprint density at radius 3 is 1.20 bits per heavy atom. The molecule has 0 heterocycles. The van der Waals surface area contributed by atoms with E-state index in [1.165, 1.54) is 0 Å². The van der Waals surface area contributed by atoms with E-state index in [2.05, 4.69) is 65.2 Å². The van der Waals surface area contributed by atoms with Crippen molar-refractivity contribution < 1.29 is 19.1 Å². The number of hydrogen-bond donors (Lipinski definition) is 0. The van der Waals surface area contributed by atoms with E-state index in [9.17, 15) is 9.59 Å². The first-order valence-corrected chi connectivity index (χ1v) is 11.7. The molecule has 0 amide bonds. The lowest BCUT2D eigenvalue weighted by atomic mass is 9.93. The van der Waals surface area contributed by atoms with Gasteiger partial charge >= 0.3 is 11.9 Å². The Morgan fingerprint density at radius 2 is 0.967 bits per heavy atom. The van der Waals surface area contributed by atoms with E-state index < -0.39 is 11.9 Å². The molecule has 0 spiro atoms. The van der Waals surface area contributed by atoms with Gasteiger partial charge in [-0.3, -0.25) is 9.80 Å². The number of rotatable bonds is 16. The molecule has 0 N–H and O–H groups in total. The molecule has 30 heavy (non-hydrogen) atoms. The first kappa shape index (κ1) is 28.6. The molecule has 176 valence electrons. The minimum Gasteiger partial charge on any atom is -0.446 e. The molecule has 6 heteroatoms. The van der Waals surface area contributed by atoms with Crippen LogP contribution in [-0.4, -0.2) is 59.4 Å². The monoisotopic (exact) mass is 426 g/mol. The second-order valence-corrected chi connectivity index (χ2v) is 8.45. The van der Waals surface area contributed by atoms with E-state index in [-0.39, 0.29) is 24.5 Å². The van der Waals surface area contributed by atoms with Crippen LogP contribution in [0.15, 0.2) is 12.2 Å². The Hall–Kier alpha value is -1.40. The number of hydrogen-bond acceptors (Lipinski definition) is 6. The lowest BCUT2D eigenvalue weighted by Gasteiger charge is -2.39. The molecule has 0 aliphatic heterocycles. The Balaban J connectivity index is 4.74. The predicted molar refractivity (Wildman–Crippen MR) is 123 cm³/mol. The van der Waals surface area contributed by atoms with E-state index in [4.69, 9.17) is 9.47 Å². The molecular formula is C24H46N2O4. The van der Waals surface area contributed by atoms with Gasteiger partial charge in [-0.1, -0.05) is 41.5 Å². The van der Waals surface area contributed by atoms with Gasteiger partial charge in [0.2, 0.25) is 0 Å². The molecule has 0 fully saturated rings. The van der Waals surface area contributed by atoms with Crippen molar-refractivity contribution in [1.82, 2.24) is 9.80 Å². The summed E-state index contributed by atoms with van der Waals surface area (Å²) in [5.41, 5.74) is -0.0141. The highest BCUT2D eigenvalue weighted by atomic mass is 16.5. The maximum atomic E-state index is 12.1. The van der Waals surface area contributed by atoms with Crippen molar-refractivity contribution >= 4 is 11.9 Å². The molecule has 0 atom stereocenters.